The van der Waals surface area contributed by atoms with Crippen LogP contribution in [0, 0.1) is 5.41 Å². The number of ether oxygens (including phenoxy) is 1. The number of hydrogen-bond acceptors (Lipinski definition) is 3. The second kappa shape index (κ2) is 5.24. The maximum atomic E-state index is 12.0. The van der Waals surface area contributed by atoms with Crippen LogP contribution in [0.15, 0.2) is 10.9 Å². The van der Waals surface area contributed by atoms with Crippen LogP contribution < -0.4 is 5.56 Å². The predicted octanol–water partition coefficient (Wildman–Crippen LogP) is 3.51. The van der Waals surface area contributed by atoms with Gasteiger partial charge in [-0.3, -0.25) is 4.79 Å². The molecule has 1 aromatic rings. The molecule has 2 rings (SSSR count). The molecule has 0 unspecified atom stereocenters. The average Bonchev–Trinajstić information content (AvgIpc) is 2.38. The molecule has 0 spiro atoms. The minimum Gasteiger partial charge on any atom is -0.370 e. The van der Waals surface area contributed by atoms with Crippen LogP contribution in [0.25, 0.3) is 0 Å². The number of nitrogens with zero attached hydrogens (tertiary/aromatic N) is 1. The molecule has 1 aliphatic rings. The summed E-state index contributed by atoms with van der Waals surface area (Å²) in [4.78, 5) is 19.7. The van der Waals surface area contributed by atoms with Crippen molar-refractivity contribution in [2.45, 2.75) is 71.3 Å². The van der Waals surface area contributed by atoms with Crippen molar-refractivity contribution in [2.24, 2.45) is 5.41 Å². The Balaban J connectivity index is 2.44. The summed E-state index contributed by atoms with van der Waals surface area (Å²) in [5, 5.41) is 0. The number of aromatic amines is 1. The average molecular weight is 292 g/mol. The van der Waals surface area contributed by atoms with Crippen molar-refractivity contribution in [1.29, 1.82) is 0 Å². The van der Waals surface area contributed by atoms with Gasteiger partial charge in [0, 0.05) is 18.6 Å². The van der Waals surface area contributed by atoms with Crippen molar-refractivity contribution < 1.29 is 4.74 Å². The number of H-pyrrole nitrogens is 1. The molecular formula is C17H28N2O2. The molecule has 1 fully saturated rings. The highest BCUT2D eigenvalue weighted by Crippen LogP contribution is 2.46. The van der Waals surface area contributed by atoms with Gasteiger partial charge in [-0.1, -0.05) is 34.6 Å². The molecule has 0 amide bonds. The molecule has 0 atom stereocenters. The lowest BCUT2D eigenvalue weighted by Gasteiger charge is -2.42. The summed E-state index contributed by atoms with van der Waals surface area (Å²) < 4.78 is 5.85. The maximum absolute atomic E-state index is 12.0. The van der Waals surface area contributed by atoms with Gasteiger partial charge >= 0.3 is 0 Å². The molecule has 1 heterocycles. The van der Waals surface area contributed by atoms with Gasteiger partial charge in [0.25, 0.3) is 5.56 Å². The van der Waals surface area contributed by atoms with Crippen LogP contribution in [-0.4, -0.2) is 17.1 Å². The van der Waals surface area contributed by atoms with E-state index in [-0.39, 0.29) is 11.0 Å². The van der Waals surface area contributed by atoms with Gasteiger partial charge < -0.3 is 9.72 Å². The van der Waals surface area contributed by atoms with Gasteiger partial charge in [-0.15, -0.1) is 0 Å². The number of hydrogen-bond donors (Lipinski definition) is 1. The Morgan fingerprint density at radius 1 is 1.19 bits per heavy atom. The summed E-state index contributed by atoms with van der Waals surface area (Å²) in [5.74, 6) is 0.693. The molecular weight excluding hydrogens is 264 g/mol. The second-order valence-corrected chi connectivity index (χ2v) is 8.09. The third-order valence-corrected chi connectivity index (χ3v) is 4.74. The van der Waals surface area contributed by atoms with Crippen LogP contribution in [0.5, 0.6) is 0 Å². The van der Waals surface area contributed by atoms with E-state index in [1.807, 2.05) is 0 Å². The van der Waals surface area contributed by atoms with Crippen molar-refractivity contribution in [3.63, 3.8) is 0 Å². The summed E-state index contributed by atoms with van der Waals surface area (Å²) in [6, 6.07) is 1.60. The molecule has 21 heavy (non-hydrogen) atoms. The zero-order chi connectivity index (χ0) is 15.9. The molecule has 118 valence electrons. The quantitative estimate of drug-likeness (QED) is 0.907. The summed E-state index contributed by atoms with van der Waals surface area (Å²) in [7, 11) is 1.72. The molecule has 1 saturated carbocycles. The summed E-state index contributed by atoms with van der Waals surface area (Å²) in [6.45, 7) is 10.8. The van der Waals surface area contributed by atoms with E-state index < -0.39 is 5.60 Å². The van der Waals surface area contributed by atoms with E-state index in [1.54, 1.807) is 13.2 Å². The van der Waals surface area contributed by atoms with E-state index in [0.717, 1.165) is 31.4 Å². The monoisotopic (exact) mass is 292 g/mol. The van der Waals surface area contributed by atoms with Gasteiger partial charge in [0.2, 0.25) is 0 Å². The Morgan fingerprint density at radius 2 is 1.76 bits per heavy atom. The van der Waals surface area contributed by atoms with Crippen molar-refractivity contribution in [2.75, 3.05) is 7.11 Å². The van der Waals surface area contributed by atoms with E-state index >= 15 is 0 Å². The topological polar surface area (TPSA) is 55.0 Å². The molecule has 4 heteroatoms. The number of nitrogens with one attached hydrogen (secondary N) is 1. The van der Waals surface area contributed by atoms with E-state index in [9.17, 15) is 4.79 Å². The highest BCUT2D eigenvalue weighted by molar-refractivity contribution is 5.16. The van der Waals surface area contributed by atoms with Gasteiger partial charge in [0.1, 0.15) is 11.4 Å². The van der Waals surface area contributed by atoms with Crippen molar-refractivity contribution in [3.05, 3.63) is 27.9 Å². The third kappa shape index (κ3) is 3.37. The van der Waals surface area contributed by atoms with E-state index in [2.05, 4.69) is 39.6 Å². The third-order valence-electron chi connectivity index (χ3n) is 4.74. The maximum Gasteiger partial charge on any atom is 0.251 e. The standard InChI is InChI=1S/C17H28N2O2/c1-15(2,3)12-11-13(20)19-14(18-12)17(21-6)9-7-16(4,5)8-10-17/h11H,7-10H2,1-6H3,(H,18,19,20). The SMILES string of the molecule is COC1(c2nc(C(C)(C)C)cc(=O)[nH]2)CCC(C)(C)CC1. The molecule has 1 N–H and O–H groups in total. The second-order valence-electron chi connectivity index (χ2n) is 8.09. The van der Waals surface area contributed by atoms with Crippen LogP contribution in [0.3, 0.4) is 0 Å². The van der Waals surface area contributed by atoms with Gasteiger partial charge in [-0.2, -0.15) is 0 Å². The molecule has 4 nitrogen and oxygen atoms in total. The first-order valence-corrected chi connectivity index (χ1v) is 7.76. The van der Waals surface area contributed by atoms with Gasteiger partial charge in [0.05, 0.1) is 5.69 Å². The fourth-order valence-electron chi connectivity index (χ4n) is 2.93. The van der Waals surface area contributed by atoms with E-state index in [4.69, 9.17) is 9.72 Å². The van der Waals surface area contributed by atoms with Crippen LogP contribution in [0.4, 0.5) is 0 Å². The lowest BCUT2D eigenvalue weighted by Crippen LogP contribution is -2.40. The summed E-state index contributed by atoms with van der Waals surface area (Å²) in [6.07, 6.45) is 3.94. The van der Waals surface area contributed by atoms with Crippen LogP contribution >= 0.6 is 0 Å². The van der Waals surface area contributed by atoms with Crippen molar-refractivity contribution in [3.8, 4) is 0 Å². The largest absolute Gasteiger partial charge is 0.370 e. The Labute approximate surface area is 127 Å². The number of aromatic nitrogens is 2. The number of rotatable bonds is 2. The molecule has 1 aromatic heterocycles. The molecule has 0 aromatic carbocycles. The Kier molecular flexibility index (Phi) is 4.04. The van der Waals surface area contributed by atoms with Crippen molar-refractivity contribution in [1.82, 2.24) is 9.97 Å². The van der Waals surface area contributed by atoms with Crippen LogP contribution in [-0.2, 0) is 15.8 Å². The molecule has 0 aliphatic heterocycles. The smallest absolute Gasteiger partial charge is 0.251 e. The number of methoxy groups -OCH3 is 1. The Hall–Kier alpha value is -1.16. The summed E-state index contributed by atoms with van der Waals surface area (Å²) >= 11 is 0. The van der Waals surface area contributed by atoms with Gasteiger partial charge in [0.15, 0.2) is 0 Å². The van der Waals surface area contributed by atoms with E-state index in [1.165, 1.54) is 0 Å². The first kappa shape index (κ1) is 16.2. The molecule has 0 bridgehead atoms. The fourth-order valence-corrected chi connectivity index (χ4v) is 2.93. The van der Waals surface area contributed by atoms with Crippen LogP contribution in [0.1, 0.15) is 71.8 Å². The minimum atomic E-state index is -0.448. The fraction of sp³-hybridized carbons (Fsp3) is 0.765. The highest BCUT2D eigenvalue weighted by atomic mass is 16.5. The first-order valence-electron chi connectivity index (χ1n) is 7.76. The molecule has 0 radical (unpaired) electrons. The van der Waals surface area contributed by atoms with Gasteiger partial charge in [-0.25, -0.2) is 4.98 Å². The van der Waals surface area contributed by atoms with Crippen molar-refractivity contribution >= 4 is 0 Å². The Bertz CT molecular complexity index is 557. The van der Waals surface area contributed by atoms with E-state index in [0.29, 0.717) is 11.2 Å². The zero-order valence-corrected chi connectivity index (χ0v) is 14.2. The van der Waals surface area contributed by atoms with Crippen LogP contribution in [0.2, 0.25) is 0 Å². The lowest BCUT2D eigenvalue weighted by molar-refractivity contribution is -0.0733. The minimum absolute atomic E-state index is 0.0915. The first-order chi connectivity index (χ1) is 9.58. The predicted molar refractivity (Wildman–Crippen MR) is 84.5 cm³/mol. The van der Waals surface area contributed by atoms with Gasteiger partial charge in [-0.05, 0) is 31.1 Å². The normalized spacial score (nSPS) is 21.2. The highest BCUT2D eigenvalue weighted by Gasteiger charge is 2.42. The molecule has 1 aliphatic carbocycles. The summed E-state index contributed by atoms with van der Waals surface area (Å²) in [5.41, 5.74) is 0.472. The zero-order valence-electron chi connectivity index (χ0n) is 14.2. The Morgan fingerprint density at radius 3 is 2.24 bits per heavy atom. The lowest BCUT2D eigenvalue weighted by atomic mass is 9.70. The molecule has 0 saturated heterocycles.